The van der Waals surface area contributed by atoms with Crippen LogP contribution in [0.15, 0.2) is 15.9 Å². The van der Waals surface area contributed by atoms with E-state index in [0.29, 0.717) is 13.2 Å². The van der Waals surface area contributed by atoms with Gasteiger partial charge in [0.2, 0.25) is 0 Å². The van der Waals surface area contributed by atoms with E-state index in [1.54, 1.807) is 11.3 Å². The van der Waals surface area contributed by atoms with Crippen LogP contribution >= 0.6 is 27.3 Å². The molecule has 5 heteroatoms. The van der Waals surface area contributed by atoms with Crippen LogP contribution in [0.4, 0.5) is 0 Å². The Morgan fingerprint density at radius 1 is 1.73 bits per heavy atom. The van der Waals surface area contributed by atoms with E-state index in [2.05, 4.69) is 15.9 Å². The van der Waals surface area contributed by atoms with Crippen LogP contribution in [0, 0.1) is 5.92 Å². The number of nitrogens with two attached hydrogens (primary N) is 1. The summed E-state index contributed by atoms with van der Waals surface area (Å²) in [5.41, 5.74) is 5.97. The average Bonchev–Trinajstić information content (AvgIpc) is 2.66. The molecule has 3 N–H and O–H groups in total. The fourth-order valence-corrected chi connectivity index (χ4v) is 3.57. The highest BCUT2D eigenvalue weighted by Crippen LogP contribution is 2.38. The maximum Gasteiger partial charge on any atom is 0.0598 e. The average molecular weight is 292 g/mol. The smallest absolute Gasteiger partial charge is 0.0598 e. The number of aliphatic hydroxyl groups excluding tert-OH is 1. The normalized spacial score (nSPS) is 31.8. The van der Waals surface area contributed by atoms with Crippen molar-refractivity contribution in [2.75, 3.05) is 19.8 Å². The minimum absolute atomic E-state index is 0.00296. The molecule has 2 unspecified atom stereocenters. The molecule has 2 rings (SSSR count). The second kappa shape index (κ2) is 4.51. The van der Waals surface area contributed by atoms with Crippen molar-refractivity contribution in [3.63, 3.8) is 0 Å². The van der Waals surface area contributed by atoms with Gasteiger partial charge in [-0.3, -0.25) is 0 Å². The second-order valence-corrected chi connectivity index (χ2v) is 5.70. The van der Waals surface area contributed by atoms with Gasteiger partial charge in [0.05, 0.1) is 18.8 Å². The van der Waals surface area contributed by atoms with Crippen LogP contribution in [0.25, 0.3) is 0 Å². The van der Waals surface area contributed by atoms with E-state index >= 15 is 0 Å². The van der Waals surface area contributed by atoms with E-state index in [9.17, 15) is 5.11 Å². The first kappa shape index (κ1) is 11.5. The van der Waals surface area contributed by atoms with Gasteiger partial charge in [-0.2, -0.15) is 0 Å². The first-order valence-electron chi connectivity index (χ1n) is 4.89. The van der Waals surface area contributed by atoms with E-state index in [1.807, 2.05) is 11.4 Å². The third-order valence-corrected chi connectivity index (χ3v) is 4.84. The topological polar surface area (TPSA) is 55.5 Å². The van der Waals surface area contributed by atoms with Gasteiger partial charge in [0, 0.05) is 27.3 Å². The summed E-state index contributed by atoms with van der Waals surface area (Å²) >= 11 is 5.06. The Hall–Kier alpha value is 0.0600. The lowest BCUT2D eigenvalue weighted by Gasteiger charge is -2.39. The Morgan fingerprint density at radius 3 is 3.13 bits per heavy atom. The van der Waals surface area contributed by atoms with Gasteiger partial charge in [-0.15, -0.1) is 11.3 Å². The summed E-state index contributed by atoms with van der Waals surface area (Å²) < 4.78 is 6.40. The van der Waals surface area contributed by atoms with Crippen LogP contribution in [0.3, 0.4) is 0 Å². The highest BCUT2D eigenvalue weighted by atomic mass is 79.9. The van der Waals surface area contributed by atoms with E-state index in [1.165, 1.54) is 0 Å². The number of hydrogen-bond acceptors (Lipinski definition) is 4. The molecule has 1 aliphatic rings. The van der Waals surface area contributed by atoms with E-state index in [4.69, 9.17) is 10.5 Å². The van der Waals surface area contributed by atoms with Crippen LogP contribution in [0.5, 0.6) is 0 Å². The van der Waals surface area contributed by atoms with Crippen LogP contribution in [0.1, 0.15) is 11.3 Å². The lowest BCUT2D eigenvalue weighted by molar-refractivity contribution is -0.0217. The molecule has 0 amide bonds. The van der Waals surface area contributed by atoms with Gasteiger partial charge < -0.3 is 15.6 Å². The Balaban J connectivity index is 2.29. The highest BCUT2D eigenvalue weighted by molar-refractivity contribution is 9.10. The summed E-state index contributed by atoms with van der Waals surface area (Å²) in [5.74, 6) is -0.00296. The van der Waals surface area contributed by atoms with Crippen molar-refractivity contribution in [2.45, 2.75) is 12.0 Å². The minimum atomic E-state index is -0.427. The predicted octanol–water partition coefficient (Wildman–Crippen LogP) is 1.69. The van der Waals surface area contributed by atoms with Crippen molar-refractivity contribution in [1.82, 2.24) is 0 Å². The molecule has 0 aliphatic carbocycles. The monoisotopic (exact) mass is 291 g/mol. The fourth-order valence-electron chi connectivity index (χ4n) is 1.92. The number of thiophene rings is 1. The van der Waals surface area contributed by atoms with Gasteiger partial charge in [-0.25, -0.2) is 0 Å². The zero-order valence-corrected chi connectivity index (χ0v) is 10.7. The molecule has 1 aromatic heterocycles. The molecule has 84 valence electrons. The largest absolute Gasteiger partial charge is 0.396 e. The molecule has 0 saturated carbocycles. The maximum atomic E-state index is 9.33. The molecule has 0 spiro atoms. The number of halogens is 1. The molecular weight excluding hydrogens is 278 g/mol. The minimum Gasteiger partial charge on any atom is -0.396 e. The molecule has 0 radical (unpaired) electrons. The van der Waals surface area contributed by atoms with Gasteiger partial charge in [-0.05, 0) is 28.4 Å². The Morgan fingerprint density at radius 2 is 2.53 bits per heavy atom. The Bertz CT molecular complexity index is 344. The van der Waals surface area contributed by atoms with Crippen molar-refractivity contribution >= 4 is 27.3 Å². The van der Waals surface area contributed by atoms with Crippen molar-refractivity contribution in [2.24, 2.45) is 11.7 Å². The lowest BCUT2D eigenvalue weighted by atomic mass is 9.80. The summed E-state index contributed by atoms with van der Waals surface area (Å²) in [5, 5.41) is 11.3. The number of ether oxygens (including phenoxy) is 1. The summed E-state index contributed by atoms with van der Waals surface area (Å²) in [6.45, 7) is 1.29. The second-order valence-electron chi connectivity index (χ2n) is 3.87. The summed E-state index contributed by atoms with van der Waals surface area (Å²) in [4.78, 5) is 1.12. The first-order valence-corrected chi connectivity index (χ1v) is 6.56. The van der Waals surface area contributed by atoms with Gasteiger partial charge in [-0.1, -0.05) is 0 Å². The molecule has 2 heterocycles. The third-order valence-electron chi connectivity index (χ3n) is 2.95. The molecule has 15 heavy (non-hydrogen) atoms. The summed E-state index contributed by atoms with van der Waals surface area (Å²) in [7, 11) is 0. The zero-order valence-electron chi connectivity index (χ0n) is 8.28. The molecule has 0 bridgehead atoms. The number of rotatable bonds is 2. The van der Waals surface area contributed by atoms with Crippen molar-refractivity contribution in [1.29, 1.82) is 0 Å². The molecule has 1 fully saturated rings. The highest BCUT2D eigenvalue weighted by Gasteiger charge is 2.40. The van der Waals surface area contributed by atoms with Gasteiger partial charge >= 0.3 is 0 Å². The van der Waals surface area contributed by atoms with Crippen molar-refractivity contribution in [3.05, 3.63) is 20.8 Å². The quantitative estimate of drug-likeness (QED) is 0.872. The van der Waals surface area contributed by atoms with E-state index in [-0.39, 0.29) is 12.5 Å². The van der Waals surface area contributed by atoms with Crippen LogP contribution in [-0.4, -0.2) is 24.9 Å². The molecule has 1 aromatic rings. The Labute approximate surface area is 101 Å². The van der Waals surface area contributed by atoms with Crippen LogP contribution in [0.2, 0.25) is 0 Å². The van der Waals surface area contributed by atoms with Crippen molar-refractivity contribution in [3.8, 4) is 0 Å². The maximum absolute atomic E-state index is 9.33. The SMILES string of the molecule is NC1(c2cc(Br)cs2)CCOCC1CO. The fraction of sp³-hybridized carbons (Fsp3) is 0.600. The molecule has 1 saturated heterocycles. The number of aliphatic hydroxyl groups is 1. The van der Waals surface area contributed by atoms with Gasteiger partial charge in [0.25, 0.3) is 0 Å². The first-order chi connectivity index (χ1) is 7.16. The van der Waals surface area contributed by atoms with Gasteiger partial charge in [0.15, 0.2) is 0 Å². The van der Waals surface area contributed by atoms with Crippen LogP contribution in [-0.2, 0) is 10.3 Å². The molecule has 1 aliphatic heterocycles. The molecule has 3 nitrogen and oxygen atoms in total. The van der Waals surface area contributed by atoms with Crippen molar-refractivity contribution < 1.29 is 9.84 Å². The lowest BCUT2D eigenvalue weighted by Crippen LogP contribution is -2.51. The molecule has 2 atom stereocenters. The van der Waals surface area contributed by atoms with Crippen LogP contribution < -0.4 is 5.73 Å². The van der Waals surface area contributed by atoms with E-state index < -0.39 is 5.54 Å². The van der Waals surface area contributed by atoms with E-state index in [0.717, 1.165) is 15.8 Å². The Kier molecular flexibility index (Phi) is 3.47. The third kappa shape index (κ3) is 2.12. The summed E-state index contributed by atoms with van der Waals surface area (Å²) in [6.07, 6.45) is 0.769. The zero-order chi connectivity index (χ0) is 10.9. The standard InChI is InChI=1S/C10H14BrNO2S/c11-8-3-9(15-6-8)10(12)1-2-14-5-7(10)4-13/h3,6-7,13H,1-2,4-5,12H2. The number of hydrogen-bond donors (Lipinski definition) is 2. The molecular formula is C10H14BrNO2S. The van der Waals surface area contributed by atoms with Gasteiger partial charge in [0.1, 0.15) is 0 Å². The predicted molar refractivity (Wildman–Crippen MR) is 63.9 cm³/mol. The molecule has 0 aromatic carbocycles. The summed E-state index contributed by atoms with van der Waals surface area (Å²) in [6, 6.07) is 2.04.